The smallest absolute Gasteiger partial charge is 1.00 e. The van der Waals surface area contributed by atoms with Gasteiger partial charge in [-0.15, -0.1) is 0 Å². The van der Waals surface area contributed by atoms with Crippen molar-refractivity contribution < 1.29 is 45.2 Å². The Labute approximate surface area is 248 Å². The quantitative estimate of drug-likeness (QED) is 0.441. The maximum atomic E-state index is 2.73. The van der Waals surface area contributed by atoms with Crippen LogP contribution in [0.15, 0.2) is 57.9 Å². The number of hydrogen-bond acceptors (Lipinski definition) is 0. The number of hydrogen-bond donors (Lipinski definition) is 0. The predicted molar refractivity (Wildman–Crippen MR) is 160 cm³/mol. The summed E-state index contributed by atoms with van der Waals surface area (Å²) in [6.07, 6.45) is 16.2. The molecule has 0 nitrogen and oxygen atoms in total. The van der Waals surface area contributed by atoms with Crippen molar-refractivity contribution in [2.75, 3.05) is 0 Å². The number of fused-ring (bicyclic) bond motifs is 3. The molecule has 0 atom stereocenters. The van der Waals surface area contributed by atoms with Gasteiger partial charge in [-0.2, -0.15) is 0 Å². The SMILES string of the molecule is C[Si](C)(C)c1ccc2c(c1)[CH]([Zr+2]([C]1=CC=CC1)=[Si]1CCCCCCC1)c1cc([Si](C)(C)C)ccc1-2.[Cl-].[Cl-]. The van der Waals surface area contributed by atoms with E-state index in [-0.39, 0.29) is 30.2 Å². The molecule has 0 amide bonds. The van der Waals surface area contributed by atoms with E-state index in [1.54, 1.807) is 44.7 Å². The van der Waals surface area contributed by atoms with Crippen molar-refractivity contribution in [1.29, 1.82) is 0 Å². The zero-order chi connectivity index (χ0) is 24.8. The third-order valence-electron chi connectivity index (χ3n) is 8.49. The summed E-state index contributed by atoms with van der Waals surface area (Å²) in [6, 6.07) is 18.7. The van der Waals surface area contributed by atoms with E-state index in [0.717, 1.165) is 3.63 Å². The molecule has 1 fully saturated rings. The van der Waals surface area contributed by atoms with Gasteiger partial charge >= 0.3 is 226 Å². The second-order valence-corrected chi connectivity index (χ2v) is 38.9. The third-order valence-corrected chi connectivity index (χ3v) is 33.7. The molecule has 1 saturated heterocycles. The average molecular weight is 663 g/mol. The first-order chi connectivity index (χ1) is 16.6. The van der Waals surface area contributed by atoms with Crippen molar-refractivity contribution in [3.8, 4) is 11.1 Å². The summed E-state index contributed by atoms with van der Waals surface area (Å²) in [5.74, 6) is 0. The maximum Gasteiger partial charge on any atom is -1.00 e. The van der Waals surface area contributed by atoms with Crippen molar-refractivity contribution >= 4 is 32.0 Å². The van der Waals surface area contributed by atoms with Crippen molar-refractivity contribution in [3.63, 3.8) is 0 Å². The molecule has 2 aromatic carbocycles. The normalized spacial score (nSPS) is 17.4. The van der Waals surface area contributed by atoms with Crippen LogP contribution in [0.25, 0.3) is 11.1 Å². The van der Waals surface area contributed by atoms with Crippen molar-refractivity contribution in [2.24, 2.45) is 0 Å². The molecule has 0 aromatic heterocycles. The molecule has 198 valence electrons. The molecule has 6 heteroatoms. The molecule has 37 heavy (non-hydrogen) atoms. The van der Waals surface area contributed by atoms with Gasteiger partial charge in [0.25, 0.3) is 0 Å². The molecule has 0 saturated carbocycles. The summed E-state index contributed by atoms with van der Waals surface area (Å²) in [6.45, 7) is 15.2. The Morgan fingerprint density at radius 1 is 0.703 bits per heavy atom. The monoisotopic (exact) mass is 660 g/mol. The summed E-state index contributed by atoms with van der Waals surface area (Å²) in [7, 11) is -2.72. The van der Waals surface area contributed by atoms with E-state index in [2.05, 4.69) is 93.9 Å². The van der Waals surface area contributed by atoms with E-state index in [4.69, 9.17) is 0 Å². The van der Waals surface area contributed by atoms with Crippen molar-refractivity contribution in [3.05, 3.63) is 69.0 Å². The first-order valence-corrected chi connectivity index (χ1v) is 29.3. The second kappa shape index (κ2) is 12.7. The maximum absolute atomic E-state index is 2.73. The molecule has 2 aliphatic carbocycles. The minimum absolute atomic E-state index is 0. The molecule has 0 bridgehead atoms. The van der Waals surface area contributed by atoms with Crippen molar-refractivity contribution in [1.82, 2.24) is 0 Å². The van der Waals surface area contributed by atoms with Crippen LogP contribution in [0.4, 0.5) is 0 Å². The van der Waals surface area contributed by atoms with Crippen LogP contribution in [0.1, 0.15) is 53.3 Å². The van der Waals surface area contributed by atoms with Gasteiger partial charge in [-0.1, -0.05) is 0 Å². The number of halogens is 2. The summed E-state index contributed by atoms with van der Waals surface area (Å²) < 4.78 is 2.71. The Hall–Kier alpha value is 0.0338. The standard InChI is InChI=1S/C19H25Si2.C7H14Si.C5H5.2ClH.Zr/c1-20(2,3)16-7-9-18-14(12-16)11-15-13-17(21(4,5)6)8-10-19(15)18;1-2-4-6-8-7-5-3-1;1-2-4-5-3-1;;;/h7-13H,1-6H3;1-7H2;1-3H,4H2;2*1H;/q;;;;;+2/p-2. The average Bonchev–Trinajstić information content (AvgIpc) is 3.40. The summed E-state index contributed by atoms with van der Waals surface area (Å²) >= 11 is -1.95. The van der Waals surface area contributed by atoms with Gasteiger partial charge in [0.2, 0.25) is 0 Å². The van der Waals surface area contributed by atoms with E-state index in [0.29, 0.717) is 0 Å². The minimum atomic E-state index is -1.95. The second-order valence-electron chi connectivity index (χ2n) is 13.1. The largest absolute Gasteiger partial charge is 1.00 e. The molecule has 1 aliphatic heterocycles. The zero-order valence-electron chi connectivity index (χ0n) is 23.7. The van der Waals surface area contributed by atoms with Crippen LogP contribution >= 0.6 is 0 Å². The Bertz CT molecular complexity index is 1160. The topological polar surface area (TPSA) is 0 Å². The van der Waals surface area contributed by atoms with Crippen LogP contribution in [-0.4, -0.2) is 21.6 Å². The fourth-order valence-electron chi connectivity index (χ4n) is 6.37. The molecular weight excluding hydrogens is 619 g/mol. The van der Waals surface area contributed by atoms with E-state index >= 15 is 0 Å². The van der Waals surface area contributed by atoms with Gasteiger partial charge in [0, 0.05) is 0 Å². The van der Waals surface area contributed by atoms with Gasteiger partial charge in [0.1, 0.15) is 0 Å². The Kier molecular flexibility index (Phi) is 10.8. The molecule has 3 aliphatic rings. The first-order valence-electron chi connectivity index (χ1n) is 14.0. The van der Waals surface area contributed by atoms with Crippen LogP contribution in [0, 0.1) is 0 Å². The summed E-state index contributed by atoms with van der Waals surface area (Å²) in [5, 5.41) is 3.33. The summed E-state index contributed by atoms with van der Waals surface area (Å²) in [4.78, 5) is 0. The minimum Gasteiger partial charge on any atom is -1.00 e. The van der Waals surface area contributed by atoms with Gasteiger partial charge in [-0.25, -0.2) is 0 Å². The molecule has 0 spiro atoms. The molecule has 2 aromatic rings. The van der Waals surface area contributed by atoms with Crippen LogP contribution in [0.5, 0.6) is 0 Å². The van der Waals surface area contributed by atoms with Crippen LogP contribution in [0.2, 0.25) is 51.4 Å². The van der Waals surface area contributed by atoms with Gasteiger partial charge in [-0.3, -0.25) is 0 Å². The molecule has 0 N–H and O–H groups in total. The third kappa shape index (κ3) is 6.68. The van der Waals surface area contributed by atoms with Gasteiger partial charge in [-0.05, 0) is 0 Å². The Morgan fingerprint density at radius 3 is 1.62 bits per heavy atom. The number of rotatable bonds is 4. The fourth-order valence-corrected chi connectivity index (χ4v) is 32.7. The van der Waals surface area contributed by atoms with Gasteiger partial charge < -0.3 is 24.8 Å². The molecular formula is C31H44Cl2Si3Zr. The molecule has 0 radical (unpaired) electrons. The van der Waals surface area contributed by atoms with Gasteiger partial charge in [0.15, 0.2) is 0 Å². The van der Waals surface area contributed by atoms with Crippen LogP contribution < -0.4 is 35.2 Å². The zero-order valence-corrected chi connectivity index (χ0v) is 30.7. The van der Waals surface area contributed by atoms with E-state index in [9.17, 15) is 0 Å². The Morgan fingerprint density at radius 2 is 1.19 bits per heavy atom. The van der Waals surface area contributed by atoms with Crippen molar-refractivity contribution in [2.45, 2.75) is 93.5 Å². The Balaban J connectivity index is 0.00000190. The van der Waals surface area contributed by atoms with E-state index in [1.807, 2.05) is 3.28 Å². The number of benzene rings is 2. The summed E-state index contributed by atoms with van der Waals surface area (Å²) in [5.41, 5.74) is 6.42. The number of allylic oxidation sites excluding steroid dienone is 4. The predicted octanol–water partition coefficient (Wildman–Crippen LogP) is 2.27. The molecule has 0 unspecified atom stereocenters. The van der Waals surface area contributed by atoms with Crippen LogP contribution in [0.3, 0.4) is 0 Å². The van der Waals surface area contributed by atoms with E-state index < -0.39 is 36.5 Å². The first kappa shape index (κ1) is 31.6. The van der Waals surface area contributed by atoms with Crippen LogP contribution in [-0.2, 0) is 20.4 Å². The fraction of sp³-hybridized carbons (Fsp3) is 0.484. The molecule has 5 rings (SSSR count). The molecule has 1 heterocycles. The van der Waals surface area contributed by atoms with E-state index in [1.165, 1.54) is 38.5 Å². The van der Waals surface area contributed by atoms with Gasteiger partial charge in [0.05, 0.1) is 0 Å².